The number of carbonyl (C=O) groups excluding carboxylic acids is 1. The van der Waals surface area contributed by atoms with E-state index >= 15 is 0 Å². The zero-order chi connectivity index (χ0) is 21.6. The lowest BCUT2D eigenvalue weighted by Crippen LogP contribution is -2.42. The average molecular weight is 435 g/mol. The van der Waals surface area contributed by atoms with Crippen molar-refractivity contribution in [1.29, 1.82) is 5.26 Å². The van der Waals surface area contributed by atoms with Crippen LogP contribution in [0.4, 0.5) is 23.8 Å². The summed E-state index contributed by atoms with van der Waals surface area (Å²) in [5.41, 5.74) is -0.692. The highest BCUT2D eigenvalue weighted by Gasteiger charge is 2.47. The number of ether oxygens (including phenoxy) is 1. The lowest BCUT2D eigenvalue weighted by molar-refractivity contribution is -0.142. The van der Waals surface area contributed by atoms with Gasteiger partial charge in [0.15, 0.2) is 16.1 Å². The predicted octanol–water partition coefficient (Wildman–Crippen LogP) is 1.49. The van der Waals surface area contributed by atoms with Crippen LogP contribution >= 0.6 is 0 Å². The molecule has 2 aliphatic rings. The van der Waals surface area contributed by atoms with Crippen LogP contribution in [0.3, 0.4) is 0 Å². The summed E-state index contributed by atoms with van der Waals surface area (Å²) in [4.78, 5) is 13.5. The predicted molar refractivity (Wildman–Crippen MR) is 94.6 cm³/mol. The number of hydrogen-bond acceptors (Lipinski definition) is 7. The van der Waals surface area contributed by atoms with Crippen molar-refractivity contribution in [3.8, 4) is 6.07 Å². The molecular formula is C16H20F3N5O4S. The van der Waals surface area contributed by atoms with Gasteiger partial charge in [-0.3, -0.25) is 0 Å². The summed E-state index contributed by atoms with van der Waals surface area (Å²) in [6.45, 7) is -0.0112. The number of aryl methyl sites for hydroxylation is 1. The summed E-state index contributed by atoms with van der Waals surface area (Å²) in [7, 11) is -3.54. The topological polar surface area (TPSA) is 117 Å². The number of sulfone groups is 1. The van der Waals surface area contributed by atoms with Gasteiger partial charge in [-0.1, -0.05) is 0 Å². The van der Waals surface area contributed by atoms with E-state index < -0.39 is 45.7 Å². The van der Waals surface area contributed by atoms with Crippen LogP contribution in [0.5, 0.6) is 0 Å². The molecule has 1 aromatic heterocycles. The zero-order valence-corrected chi connectivity index (χ0v) is 16.5. The van der Waals surface area contributed by atoms with Crippen molar-refractivity contribution in [2.75, 3.05) is 17.7 Å². The van der Waals surface area contributed by atoms with E-state index in [1.165, 1.54) is 17.9 Å². The summed E-state index contributed by atoms with van der Waals surface area (Å²) in [6, 6.07) is 3.34. The molecule has 29 heavy (non-hydrogen) atoms. The summed E-state index contributed by atoms with van der Waals surface area (Å²) < 4.78 is 68.8. The lowest BCUT2D eigenvalue weighted by Gasteiger charge is -2.27. The van der Waals surface area contributed by atoms with Crippen molar-refractivity contribution in [3.63, 3.8) is 0 Å². The lowest BCUT2D eigenvalue weighted by atomic mass is 10.3. The molecule has 9 nitrogen and oxygen atoms in total. The standard InChI is InChI=1S/C16H20F3N5O4S/c1-10-5-12(24(22-10)9-16(17,18)19)23-7-11(29(2,26)27)6-13(23)28-14(25)21-15(8-20)3-4-15/h5,11,13H,3-4,6-7,9H2,1-2H3,(H,21,25)/t11-,13+/m1/s1. The fourth-order valence-corrected chi connectivity index (χ4v) is 4.16. The van der Waals surface area contributed by atoms with Crippen molar-refractivity contribution in [2.45, 2.75) is 55.9 Å². The van der Waals surface area contributed by atoms with Gasteiger partial charge in [-0.2, -0.15) is 23.5 Å². The second kappa shape index (κ2) is 7.08. The minimum atomic E-state index is -4.54. The second-order valence-corrected chi connectivity index (χ2v) is 9.76. The van der Waals surface area contributed by atoms with Gasteiger partial charge in [-0.05, 0) is 19.8 Å². The third-order valence-corrected chi connectivity index (χ3v) is 6.42. The number of nitriles is 1. The van der Waals surface area contributed by atoms with Gasteiger partial charge in [0.05, 0.1) is 17.0 Å². The quantitative estimate of drug-likeness (QED) is 0.745. The van der Waals surface area contributed by atoms with Gasteiger partial charge < -0.3 is 15.0 Å². The Balaban J connectivity index is 1.86. The number of carbonyl (C=O) groups is 1. The van der Waals surface area contributed by atoms with E-state index in [4.69, 9.17) is 10.00 Å². The summed E-state index contributed by atoms with van der Waals surface area (Å²) in [5.74, 6) is 0.00481. The number of halogens is 3. The van der Waals surface area contributed by atoms with E-state index in [2.05, 4.69) is 10.4 Å². The molecule has 1 aliphatic carbocycles. The monoisotopic (exact) mass is 435 g/mol. The molecule has 0 bridgehead atoms. The molecule has 2 fully saturated rings. The van der Waals surface area contributed by atoms with Crippen LogP contribution in [-0.2, 0) is 21.1 Å². The number of amides is 1. The number of nitrogens with one attached hydrogen (secondary N) is 1. The van der Waals surface area contributed by atoms with Crippen LogP contribution in [-0.4, -0.2) is 60.3 Å². The number of hydrogen-bond donors (Lipinski definition) is 1. The van der Waals surface area contributed by atoms with Crippen molar-refractivity contribution in [1.82, 2.24) is 15.1 Å². The van der Waals surface area contributed by atoms with Crippen LogP contribution in [0.2, 0.25) is 0 Å². The molecule has 2 heterocycles. The first-order chi connectivity index (χ1) is 13.3. The van der Waals surface area contributed by atoms with Crippen molar-refractivity contribution < 1.29 is 31.1 Å². The highest BCUT2D eigenvalue weighted by Crippen LogP contribution is 2.35. The Kier molecular flexibility index (Phi) is 5.18. The second-order valence-electron chi connectivity index (χ2n) is 7.44. The Morgan fingerprint density at radius 3 is 2.66 bits per heavy atom. The van der Waals surface area contributed by atoms with E-state index in [1.54, 1.807) is 0 Å². The Bertz CT molecular complexity index is 949. The molecule has 1 aromatic rings. The van der Waals surface area contributed by atoms with E-state index in [1.807, 2.05) is 6.07 Å². The molecule has 1 N–H and O–H groups in total. The molecule has 0 unspecified atom stereocenters. The minimum absolute atomic E-state index is 0.00481. The molecule has 1 saturated heterocycles. The number of rotatable bonds is 5. The van der Waals surface area contributed by atoms with Gasteiger partial charge in [0.1, 0.15) is 17.9 Å². The van der Waals surface area contributed by atoms with E-state index in [0.29, 0.717) is 23.2 Å². The summed E-state index contributed by atoms with van der Waals surface area (Å²) in [6.07, 6.45) is -4.73. The number of alkyl halides is 3. The van der Waals surface area contributed by atoms with Crippen LogP contribution in [0.15, 0.2) is 6.07 Å². The minimum Gasteiger partial charge on any atom is -0.425 e. The first kappa shape index (κ1) is 21.2. The molecule has 2 atom stereocenters. The number of alkyl carbamates (subject to hydrolysis) is 1. The Morgan fingerprint density at radius 2 is 2.14 bits per heavy atom. The van der Waals surface area contributed by atoms with Crippen LogP contribution < -0.4 is 10.2 Å². The van der Waals surface area contributed by atoms with E-state index in [9.17, 15) is 26.4 Å². The normalized spacial score (nSPS) is 23.5. The molecule has 0 spiro atoms. The van der Waals surface area contributed by atoms with Crippen LogP contribution in [0.1, 0.15) is 25.0 Å². The molecule has 3 rings (SSSR count). The Labute approximate surface area is 165 Å². The first-order valence-electron chi connectivity index (χ1n) is 8.79. The molecular weight excluding hydrogens is 415 g/mol. The van der Waals surface area contributed by atoms with Crippen molar-refractivity contribution in [2.24, 2.45) is 0 Å². The maximum atomic E-state index is 12.9. The molecule has 1 amide bonds. The molecule has 1 saturated carbocycles. The molecule has 0 radical (unpaired) electrons. The average Bonchev–Trinajstić information content (AvgIpc) is 3.05. The first-order valence-corrected chi connectivity index (χ1v) is 10.7. The largest absolute Gasteiger partial charge is 0.425 e. The maximum absolute atomic E-state index is 12.9. The summed E-state index contributed by atoms with van der Waals surface area (Å²) in [5, 5.41) is 14.4. The number of aromatic nitrogens is 2. The fraction of sp³-hybridized carbons (Fsp3) is 0.688. The van der Waals surface area contributed by atoms with Gasteiger partial charge >= 0.3 is 12.3 Å². The van der Waals surface area contributed by atoms with Crippen molar-refractivity contribution in [3.05, 3.63) is 11.8 Å². The SMILES string of the molecule is Cc1cc(N2C[C@H](S(C)(=O)=O)C[C@@H]2OC(=O)NC2(C#N)CC2)n(CC(F)(F)F)n1. The third kappa shape index (κ3) is 4.92. The maximum Gasteiger partial charge on any atom is 0.410 e. The third-order valence-electron chi connectivity index (χ3n) is 4.87. The molecule has 160 valence electrons. The van der Waals surface area contributed by atoms with Crippen LogP contribution in [0.25, 0.3) is 0 Å². The highest BCUT2D eigenvalue weighted by molar-refractivity contribution is 7.91. The highest BCUT2D eigenvalue weighted by atomic mass is 32.2. The van der Waals surface area contributed by atoms with E-state index in [0.717, 1.165) is 6.26 Å². The molecule has 13 heteroatoms. The van der Waals surface area contributed by atoms with Crippen LogP contribution in [0, 0.1) is 18.3 Å². The number of nitrogens with zero attached hydrogens (tertiary/aromatic N) is 4. The number of anilines is 1. The van der Waals surface area contributed by atoms with Crippen molar-refractivity contribution >= 4 is 21.7 Å². The molecule has 1 aliphatic heterocycles. The van der Waals surface area contributed by atoms with Gasteiger partial charge in [0, 0.05) is 25.3 Å². The Morgan fingerprint density at radius 1 is 1.48 bits per heavy atom. The van der Waals surface area contributed by atoms with Gasteiger partial charge in [0.2, 0.25) is 0 Å². The van der Waals surface area contributed by atoms with E-state index in [-0.39, 0.29) is 18.8 Å². The molecule has 0 aromatic carbocycles. The van der Waals surface area contributed by atoms with Gasteiger partial charge in [0.25, 0.3) is 0 Å². The Hall–Kier alpha value is -2.49. The van der Waals surface area contributed by atoms with Gasteiger partial charge in [-0.15, -0.1) is 0 Å². The fourth-order valence-electron chi connectivity index (χ4n) is 3.21. The smallest absolute Gasteiger partial charge is 0.410 e. The van der Waals surface area contributed by atoms with Gasteiger partial charge in [-0.25, -0.2) is 17.9 Å². The zero-order valence-electron chi connectivity index (χ0n) is 15.7. The summed E-state index contributed by atoms with van der Waals surface area (Å²) >= 11 is 0.